The normalized spacial score (nSPS) is 22.6. The molecule has 6 nitrogen and oxygen atoms in total. The Balaban J connectivity index is 1.69. The SMILES string of the molecule is NC(=O)[C@]1(O)CCCN(Cc2cnn(-c3ccccc3)c2)C1. The van der Waals surface area contributed by atoms with Crippen LogP contribution in [0.2, 0.25) is 0 Å². The Labute approximate surface area is 129 Å². The first kappa shape index (κ1) is 14.7. The maximum Gasteiger partial charge on any atom is 0.250 e. The van der Waals surface area contributed by atoms with Gasteiger partial charge in [-0.2, -0.15) is 5.10 Å². The highest BCUT2D eigenvalue weighted by Crippen LogP contribution is 2.22. The van der Waals surface area contributed by atoms with Crippen molar-refractivity contribution in [2.24, 2.45) is 5.73 Å². The van der Waals surface area contributed by atoms with Crippen LogP contribution in [0.15, 0.2) is 42.7 Å². The van der Waals surface area contributed by atoms with Crippen LogP contribution < -0.4 is 5.73 Å². The summed E-state index contributed by atoms with van der Waals surface area (Å²) in [6.07, 6.45) is 4.96. The number of primary amides is 1. The van der Waals surface area contributed by atoms with Crippen LogP contribution in [0.3, 0.4) is 0 Å². The third kappa shape index (κ3) is 3.03. The monoisotopic (exact) mass is 300 g/mol. The maximum absolute atomic E-state index is 11.4. The second kappa shape index (κ2) is 5.90. The van der Waals surface area contributed by atoms with Crippen molar-refractivity contribution in [3.05, 3.63) is 48.3 Å². The molecule has 1 amide bonds. The minimum Gasteiger partial charge on any atom is -0.379 e. The molecule has 1 aromatic carbocycles. The van der Waals surface area contributed by atoms with E-state index in [0.29, 0.717) is 13.0 Å². The number of aliphatic hydroxyl groups is 1. The number of hydrogen-bond donors (Lipinski definition) is 2. The summed E-state index contributed by atoms with van der Waals surface area (Å²) in [5, 5.41) is 14.6. The summed E-state index contributed by atoms with van der Waals surface area (Å²) in [4.78, 5) is 13.4. The molecule has 0 radical (unpaired) electrons. The molecular formula is C16H20N4O2. The Kier molecular flexibility index (Phi) is 3.96. The van der Waals surface area contributed by atoms with Gasteiger partial charge in [0.15, 0.2) is 5.60 Å². The molecule has 1 atom stereocenters. The summed E-state index contributed by atoms with van der Waals surface area (Å²) in [5.41, 5.74) is 5.94. The van der Waals surface area contributed by atoms with E-state index in [4.69, 9.17) is 5.73 Å². The highest BCUT2D eigenvalue weighted by molar-refractivity contribution is 5.83. The second-order valence-electron chi connectivity index (χ2n) is 5.84. The average Bonchev–Trinajstić information content (AvgIpc) is 2.97. The number of aromatic nitrogens is 2. The number of likely N-dealkylation sites (tertiary alicyclic amines) is 1. The van der Waals surface area contributed by atoms with E-state index in [-0.39, 0.29) is 6.54 Å². The molecule has 1 aromatic heterocycles. The van der Waals surface area contributed by atoms with Crippen LogP contribution in [-0.4, -0.2) is 44.4 Å². The van der Waals surface area contributed by atoms with E-state index in [1.165, 1.54) is 0 Å². The molecule has 1 saturated heterocycles. The number of nitrogens with zero attached hydrogens (tertiary/aromatic N) is 3. The number of carbonyl (C=O) groups excluding carboxylic acids is 1. The third-order valence-electron chi connectivity index (χ3n) is 4.07. The molecule has 1 aliphatic rings. The van der Waals surface area contributed by atoms with E-state index in [1.54, 1.807) is 0 Å². The molecule has 1 aliphatic heterocycles. The molecule has 0 spiro atoms. The van der Waals surface area contributed by atoms with Gasteiger partial charge in [0.2, 0.25) is 0 Å². The number of nitrogens with two attached hydrogens (primary N) is 1. The summed E-state index contributed by atoms with van der Waals surface area (Å²) >= 11 is 0. The lowest BCUT2D eigenvalue weighted by Crippen LogP contribution is -2.55. The summed E-state index contributed by atoms with van der Waals surface area (Å²) in [5.74, 6) is -0.641. The van der Waals surface area contributed by atoms with Crippen LogP contribution in [0, 0.1) is 0 Å². The molecule has 2 heterocycles. The highest BCUT2D eigenvalue weighted by Gasteiger charge is 2.38. The number of rotatable bonds is 4. The Morgan fingerprint density at radius 2 is 2.14 bits per heavy atom. The van der Waals surface area contributed by atoms with Gasteiger partial charge in [-0.1, -0.05) is 18.2 Å². The predicted molar refractivity (Wildman–Crippen MR) is 82.2 cm³/mol. The van der Waals surface area contributed by atoms with E-state index in [0.717, 1.165) is 24.2 Å². The van der Waals surface area contributed by atoms with Crippen LogP contribution in [-0.2, 0) is 11.3 Å². The minimum absolute atomic E-state index is 0.277. The minimum atomic E-state index is -1.41. The number of amides is 1. The van der Waals surface area contributed by atoms with E-state index >= 15 is 0 Å². The van der Waals surface area contributed by atoms with Crippen LogP contribution in [0.4, 0.5) is 0 Å². The quantitative estimate of drug-likeness (QED) is 0.870. The fraction of sp³-hybridized carbons (Fsp3) is 0.375. The fourth-order valence-electron chi connectivity index (χ4n) is 2.88. The van der Waals surface area contributed by atoms with Crippen LogP contribution in [0.1, 0.15) is 18.4 Å². The Morgan fingerprint density at radius 1 is 1.36 bits per heavy atom. The summed E-state index contributed by atoms with van der Waals surface area (Å²) in [7, 11) is 0. The summed E-state index contributed by atoms with van der Waals surface area (Å²) in [6.45, 7) is 1.76. The van der Waals surface area contributed by atoms with Gasteiger partial charge in [-0.05, 0) is 31.5 Å². The molecule has 3 rings (SSSR count). The Morgan fingerprint density at radius 3 is 2.86 bits per heavy atom. The standard InChI is InChI=1S/C16H20N4O2/c17-15(21)16(22)7-4-8-19(12-16)10-13-9-18-20(11-13)14-5-2-1-3-6-14/h1-3,5-6,9,11,22H,4,7-8,10,12H2,(H2,17,21)/t16-/m0/s1. The average molecular weight is 300 g/mol. The van der Waals surface area contributed by atoms with Crippen LogP contribution in [0.25, 0.3) is 5.69 Å². The number of β-amino-alcohol motifs (C(OH)–C–C–N with tert-alkyl or cyclic N) is 1. The summed E-state index contributed by atoms with van der Waals surface area (Å²) < 4.78 is 1.82. The first-order chi connectivity index (χ1) is 10.6. The topological polar surface area (TPSA) is 84.4 Å². The van der Waals surface area contributed by atoms with Gasteiger partial charge in [0.1, 0.15) is 0 Å². The molecule has 0 bridgehead atoms. The first-order valence-electron chi connectivity index (χ1n) is 7.40. The Bertz CT molecular complexity index is 655. The van der Waals surface area contributed by atoms with Gasteiger partial charge in [-0.15, -0.1) is 0 Å². The van der Waals surface area contributed by atoms with Crippen LogP contribution in [0.5, 0.6) is 0 Å². The van der Waals surface area contributed by atoms with Crippen molar-refractivity contribution in [3.8, 4) is 5.69 Å². The summed E-state index contributed by atoms with van der Waals surface area (Å²) in [6, 6.07) is 9.88. The van der Waals surface area contributed by atoms with E-state index in [2.05, 4.69) is 5.10 Å². The Hall–Kier alpha value is -2.18. The molecule has 3 N–H and O–H groups in total. The molecular weight excluding hydrogens is 280 g/mol. The lowest BCUT2D eigenvalue weighted by atomic mass is 9.92. The lowest BCUT2D eigenvalue weighted by molar-refractivity contribution is -0.142. The van der Waals surface area contributed by atoms with E-state index in [1.807, 2.05) is 52.3 Å². The zero-order valence-corrected chi connectivity index (χ0v) is 12.4. The van der Waals surface area contributed by atoms with E-state index < -0.39 is 11.5 Å². The van der Waals surface area contributed by atoms with Gasteiger partial charge in [-0.3, -0.25) is 9.69 Å². The maximum atomic E-state index is 11.4. The van der Waals surface area contributed by atoms with Gasteiger partial charge in [-0.25, -0.2) is 4.68 Å². The lowest BCUT2D eigenvalue weighted by Gasteiger charge is -2.36. The van der Waals surface area contributed by atoms with Crippen molar-refractivity contribution >= 4 is 5.91 Å². The van der Waals surface area contributed by atoms with Gasteiger partial charge in [0.05, 0.1) is 11.9 Å². The molecule has 22 heavy (non-hydrogen) atoms. The molecule has 2 aromatic rings. The van der Waals surface area contributed by atoms with Crippen molar-refractivity contribution in [1.82, 2.24) is 14.7 Å². The van der Waals surface area contributed by atoms with Crippen LogP contribution >= 0.6 is 0 Å². The molecule has 6 heteroatoms. The predicted octanol–water partition coefficient (Wildman–Crippen LogP) is 0.684. The van der Waals surface area contributed by atoms with Crippen molar-refractivity contribution < 1.29 is 9.90 Å². The van der Waals surface area contributed by atoms with Crippen molar-refractivity contribution in [3.63, 3.8) is 0 Å². The molecule has 0 saturated carbocycles. The largest absolute Gasteiger partial charge is 0.379 e. The van der Waals surface area contributed by atoms with Gasteiger partial charge in [0.25, 0.3) is 5.91 Å². The molecule has 1 fully saturated rings. The molecule has 116 valence electrons. The zero-order chi connectivity index (χ0) is 15.6. The van der Waals surface area contributed by atoms with Crippen molar-refractivity contribution in [2.45, 2.75) is 25.0 Å². The number of carbonyl (C=O) groups is 1. The first-order valence-corrected chi connectivity index (χ1v) is 7.40. The van der Waals surface area contributed by atoms with Gasteiger partial charge < -0.3 is 10.8 Å². The van der Waals surface area contributed by atoms with Crippen molar-refractivity contribution in [1.29, 1.82) is 0 Å². The smallest absolute Gasteiger partial charge is 0.250 e. The van der Waals surface area contributed by atoms with Gasteiger partial charge >= 0.3 is 0 Å². The molecule has 0 aliphatic carbocycles. The van der Waals surface area contributed by atoms with Gasteiger partial charge in [0, 0.05) is 24.8 Å². The number of hydrogen-bond acceptors (Lipinski definition) is 4. The second-order valence-corrected chi connectivity index (χ2v) is 5.84. The fourth-order valence-corrected chi connectivity index (χ4v) is 2.88. The third-order valence-corrected chi connectivity index (χ3v) is 4.07. The zero-order valence-electron chi connectivity index (χ0n) is 12.4. The highest BCUT2D eigenvalue weighted by atomic mass is 16.3. The number of benzene rings is 1. The number of piperidine rings is 1. The number of para-hydroxylation sites is 1. The molecule has 0 unspecified atom stereocenters. The van der Waals surface area contributed by atoms with E-state index in [9.17, 15) is 9.90 Å². The van der Waals surface area contributed by atoms with Crippen molar-refractivity contribution in [2.75, 3.05) is 13.1 Å².